The van der Waals surface area contributed by atoms with Crippen molar-refractivity contribution in [2.45, 2.75) is 0 Å². The molecule has 0 amide bonds. The number of carbonyl (C=O) groups is 1. The summed E-state index contributed by atoms with van der Waals surface area (Å²) in [6, 6.07) is 2.42. The predicted molar refractivity (Wildman–Crippen MR) is 59.3 cm³/mol. The lowest BCUT2D eigenvalue weighted by molar-refractivity contribution is 0.0602. The van der Waals surface area contributed by atoms with Gasteiger partial charge in [-0.15, -0.1) is 0 Å². The van der Waals surface area contributed by atoms with E-state index in [1.165, 1.54) is 30.3 Å². The van der Waals surface area contributed by atoms with Crippen molar-refractivity contribution >= 4 is 11.7 Å². The third-order valence-electron chi connectivity index (χ3n) is 2.31. The first-order valence-electron chi connectivity index (χ1n) is 4.79. The molecular weight excluding hydrogens is 225 g/mol. The molecule has 6 heteroatoms. The minimum atomic E-state index is -0.608. The van der Waals surface area contributed by atoms with Gasteiger partial charge < -0.3 is 15.0 Å². The molecule has 2 aromatic rings. The third kappa shape index (κ3) is 1.96. The molecule has 5 nitrogen and oxygen atoms in total. The highest BCUT2D eigenvalue weighted by Gasteiger charge is 2.15. The first-order chi connectivity index (χ1) is 8.13. The summed E-state index contributed by atoms with van der Waals surface area (Å²) in [5, 5.41) is 0. The number of aromatic nitrogens is 2. The molecule has 0 bridgehead atoms. The molecule has 0 atom stereocenters. The van der Waals surface area contributed by atoms with E-state index >= 15 is 0 Å². The molecular formula is C11H10FN3O2. The summed E-state index contributed by atoms with van der Waals surface area (Å²) < 4.78 is 19.7. The van der Waals surface area contributed by atoms with Crippen molar-refractivity contribution in [3.8, 4) is 5.69 Å². The van der Waals surface area contributed by atoms with Gasteiger partial charge in [-0.05, 0) is 12.1 Å². The van der Waals surface area contributed by atoms with Gasteiger partial charge in [0.1, 0.15) is 5.82 Å². The van der Waals surface area contributed by atoms with Crippen LogP contribution in [0.4, 0.5) is 10.1 Å². The number of imidazole rings is 1. The summed E-state index contributed by atoms with van der Waals surface area (Å²) in [5.41, 5.74) is 5.91. The maximum atomic E-state index is 13.7. The van der Waals surface area contributed by atoms with Crippen molar-refractivity contribution in [1.29, 1.82) is 0 Å². The predicted octanol–water partition coefficient (Wildman–Crippen LogP) is 1.38. The smallest absolute Gasteiger partial charge is 0.340 e. The van der Waals surface area contributed by atoms with Gasteiger partial charge in [0.25, 0.3) is 0 Å². The van der Waals surface area contributed by atoms with Crippen molar-refractivity contribution in [2.75, 3.05) is 12.8 Å². The Hall–Kier alpha value is -2.37. The molecule has 0 saturated heterocycles. The number of nitrogen functional groups attached to an aromatic ring is 1. The van der Waals surface area contributed by atoms with Gasteiger partial charge in [-0.25, -0.2) is 14.2 Å². The van der Waals surface area contributed by atoms with Crippen molar-refractivity contribution < 1.29 is 13.9 Å². The molecule has 2 N–H and O–H groups in total. The summed E-state index contributed by atoms with van der Waals surface area (Å²) >= 11 is 0. The number of nitrogens with zero attached hydrogens (tertiary/aromatic N) is 2. The Labute approximate surface area is 96.6 Å². The van der Waals surface area contributed by atoms with Crippen LogP contribution in [0.2, 0.25) is 0 Å². The minimum Gasteiger partial charge on any atom is -0.465 e. The zero-order valence-electron chi connectivity index (χ0n) is 9.05. The number of ether oxygens (including phenoxy) is 1. The van der Waals surface area contributed by atoms with Crippen LogP contribution in [-0.2, 0) is 4.74 Å². The van der Waals surface area contributed by atoms with Crippen LogP contribution in [0.3, 0.4) is 0 Å². The number of nitrogens with two attached hydrogens (primary N) is 1. The highest BCUT2D eigenvalue weighted by molar-refractivity contribution is 5.95. The van der Waals surface area contributed by atoms with Crippen LogP contribution in [-0.4, -0.2) is 22.6 Å². The van der Waals surface area contributed by atoms with Crippen LogP contribution < -0.4 is 5.73 Å². The fourth-order valence-electron chi connectivity index (χ4n) is 1.46. The Morgan fingerprint density at radius 3 is 2.88 bits per heavy atom. The summed E-state index contributed by atoms with van der Waals surface area (Å²) in [6.45, 7) is 0. The van der Waals surface area contributed by atoms with E-state index in [9.17, 15) is 9.18 Å². The number of rotatable bonds is 2. The van der Waals surface area contributed by atoms with Crippen molar-refractivity contribution in [3.63, 3.8) is 0 Å². The number of carbonyl (C=O) groups excluding carboxylic acids is 1. The second kappa shape index (κ2) is 4.25. The van der Waals surface area contributed by atoms with Crippen LogP contribution in [0, 0.1) is 5.82 Å². The fourth-order valence-corrected chi connectivity index (χ4v) is 1.46. The molecule has 88 valence electrons. The molecule has 1 aromatic carbocycles. The first kappa shape index (κ1) is 11.1. The second-order valence-corrected chi connectivity index (χ2v) is 3.35. The zero-order valence-corrected chi connectivity index (χ0v) is 9.05. The van der Waals surface area contributed by atoms with Gasteiger partial charge in [0.2, 0.25) is 0 Å². The van der Waals surface area contributed by atoms with E-state index in [-0.39, 0.29) is 16.9 Å². The number of benzene rings is 1. The maximum Gasteiger partial charge on any atom is 0.340 e. The molecule has 0 unspecified atom stereocenters. The summed E-state index contributed by atoms with van der Waals surface area (Å²) in [5.74, 6) is -1.14. The molecule has 0 spiro atoms. The molecule has 2 rings (SSSR count). The molecule has 1 heterocycles. The van der Waals surface area contributed by atoms with Crippen LogP contribution in [0.25, 0.3) is 5.69 Å². The van der Waals surface area contributed by atoms with E-state index in [2.05, 4.69) is 9.72 Å². The van der Waals surface area contributed by atoms with Crippen LogP contribution in [0.1, 0.15) is 10.4 Å². The van der Waals surface area contributed by atoms with Crippen molar-refractivity contribution in [2.24, 2.45) is 0 Å². The van der Waals surface area contributed by atoms with E-state index in [1.807, 2.05) is 0 Å². The molecule has 0 fully saturated rings. The highest BCUT2D eigenvalue weighted by Crippen LogP contribution is 2.21. The standard InChI is InChI=1S/C11H10FN3O2/c1-17-11(16)7-4-10(8(12)5-9(7)13)15-3-2-14-6-15/h2-6H,13H2,1H3. The van der Waals surface area contributed by atoms with Gasteiger partial charge in [-0.1, -0.05) is 0 Å². The Morgan fingerprint density at radius 1 is 1.53 bits per heavy atom. The van der Waals surface area contributed by atoms with E-state index in [1.54, 1.807) is 6.20 Å². The van der Waals surface area contributed by atoms with Gasteiger partial charge in [-0.2, -0.15) is 0 Å². The lowest BCUT2D eigenvalue weighted by Gasteiger charge is -2.09. The van der Waals surface area contributed by atoms with Crippen LogP contribution in [0.5, 0.6) is 0 Å². The number of anilines is 1. The Bertz CT molecular complexity index is 552. The fraction of sp³-hybridized carbons (Fsp3) is 0.0909. The van der Waals surface area contributed by atoms with Crippen molar-refractivity contribution in [1.82, 2.24) is 9.55 Å². The van der Waals surface area contributed by atoms with Crippen molar-refractivity contribution in [3.05, 3.63) is 42.2 Å². The van der Waals surface area contributed by atoms with Gasteiger partial charge in [0.05, 0.1) is 24.7 Å². The Kier molecular flexibility index (Phi) is 2.78. The van der Waals surface area contributed by atoms with E-state index in [0.717, 1.165) is 6.07 Å². The normalized spacial score (nSPS) is 10.2. The average molecular weight is 235 g/mol. The summed E-state index contributed by atoms with van der Waals surface area (Å²) in [4.78, 5) is 15.2. The molecule has 17 heavy (non-hydrogen) atoms. The number of esters is 1. The van der Waals surface area contributed by atoms with E-state index in [4.69, 9.17) is 5.73 Å². The topological polar surface area (TPSA) is 70.1 Å². The minimum absolute atomic E-state index is 0.0400. The zero-order chi connectivity index (χ0) is 12.4. The molecule has 1 aromatic heterocycles. The molecule has 0 aliphatic carbocycles. The van der Waals surface area contributed by atoms with Crippen LogP contribution >= 0.6 is 0 Å². The van der Waals surface area contributed by atoms with E-state index in [0.29, 0.717) is 0 Å². The molecule has 0 aliphatic heterocycles. The summed E-state index contributed by atoms with van der Waals surface area (Å²) in [7, 11) is 1.24. The third-order valence-corrected chi connectivity index (χ3v) is 2.31. The van der Waals surface area contributed by atoms with Crippen LogP contribution in [0.15, 0.2) is 30.9 Å². The SMILES string of the molecule is COC(=O)c1cc(-n2ccnc2)c(F)cc1N. The number of hydrogen-bond donors (Lipinski definition) is 1. The lowest BCUT2D eigenvalue weighted by atomic mass is 10.1. The van der Waals surface area contributed by atoms with Gasteiger partial charge in [0.15, 0.2) is 0 Å². The quantitative estimate of drug-likeness (QED) is 0.630. The molecule has 0 aliphatic rings. The lowest BCUT2D eigenvalue weighted by Crippen LogP contribution is -2.08. The molecule has 0 radical (unpaired) electrons. The average Bonchev–Trinajstić information content (AvgIpc) is 2.81. The largest absolute Gasteiger partial charge is 0.465 e. The van der Waals surface area contributed by atoms with Gasteiger partial charge in [0, 0.05) is 18.1 Å². The summed E-state index contributed by atoms with van der Waals surface area (Å²) in [6.07, 6.45) is 4.50. The Morgan fingerprint density at radius 2 is 2.29 bits per heavy atom. The number of methoxy groups -OCH3 is 1. The Balaban J connectivity index is 2.58. The first-order valence-corrected chi connectivity index (χ1v) is 4.79. The number of hydrogen-bond acceptors (Lipinski definition) is 4. The van der Waals surface area contributed by atoms with Gasteiger partial charge in [-0.3, -0.25) is 0 Å². The molecule has 0 saturated carbocycles. The number of halogens is 1. The van der Waals surface area contributed by atoms with Gasteiger partial charge >= 0.3 is 5.97 Å². The second-order valence-electron chi connectivity index (χ2n) is 3.35. The van der Waals surface area contributed by atoms with E-state index < -0.39 is 11.8 Å². The maximum absolute atomic E-state index is 13.7. The monoisotopic (exact) mass is 235 g/mol. The highest BCUT2D eigenvalue weighted by atomic mass is 19.1.